The molecule has 4 rings (SSSR count). The number of rotatable bonds is 8. The monoisotopic (exact) mass is 472 g/mol. The number of nitrogens with zero attached hydrogens (tertiary/aromatic N) is 3. The highest BCUT2D eigenvalue weighted by atomic mass is 32.2. The van der Waals surface area contributed by atoms with Gasteiger partial charge in [0.05, 0.1) is 34.9 Å². The van der Waals surface area contributed by atoms with Gasteiger partial charge in [-0.15, -0.1) is 6.58 Å². The Morgan fingerprint density at radius 2 is 1.88 bits per heavy atom. The third kappa shape index (κ3) is 4.88. The first kappa shape index (κ1) is 22.5. The third-order valence-electron chi connectivity index (χ3n) is 5.01. The summed E-state index contributed by atoms with van der Waals surface area (Å²) in [5.41, 5.74) is 2.40. The molecule has 2 heterocycles. The van der Waals surface area contributed by atoms with Crippen LogP contribution < -0.4 is 5.32 Å². The van der Waals surface area contributed by atoms with Crippen LogP contribution >= 0.6 is 11.8 Å². The predicted octanol–water partition coefficient (Wildman–Crippen LogP) is 2.97. The van der Waals surface area contributed by atoms with E-state index < -0.39 is 10.0 Å². The summed E-state index contributed by atoms with van der Waals surface area (Å²) < 4.78 is 34.1. The number of thioether (sulfide) groups is 1. The van der Waals surface area contributed by atoms with Crippen LogP contribution in [0.3, 0.4) is 0 Å². The number of carbonyl (C=O) groups excluding carboxylic acids is 1. The fourth-order valence-corrected chi connectivity index (χ4v) is 5.67. The molecule has 1 aliphatic rings. The summed E-state index contributed by atoms with van der Waals surface area (Å²) in [6.45, 7) is 5.87. The second-order valence-electron chi connectivity index (χ2n) is 7.16. The van der Waals surface area contributed by atoms with Crippen LogP contribution in [0.15, 0.2) is 71.2 Å². The first-order valence-electron chi connectivity index (χ1n) is 10.2. The highest BCUT2D eigenvalue weighted by Crippen LogP contribution is 2.25. The number of imidazole rings is 1. The van der Waals surface area contributed by atoms with Gasteiger partial charge in [-0.3, -0.25) is 4.79 Å². The number of anilines is 1. The van der Waals surface area contributed by atoms with Gasteiger partial charge in [0.2, 0.25) is 15.9 Å². The first-order valence-corrected chi connectivity index (χ1v) is 12.6. The van der Waals surface area contributed by atoms with Gasteiger partial charge in [-0.1, -0.05) is 30.0 Å². The van der Waals surface area contributed by atoms with Gasteiger partial charge in [0, 0.05) is 25.3 Å². The Labute approximate surface area is 191 Å². The van der Waals surface area contributed by atoms with E-state index in [2.05, 4.69) is 16.9 Å². The topological polar surface area (TPSA) is 93.5 Å². The van der Waals surface area contributed by atoms with Crippen LogP contribution in [-0.4, -0.2) is 60.2 Å². The van der Waals surface area contributed by atoms with Crippen LogP contribution in [0.4, 0.5) is 5.69 Å². The summed E-state index contributed by atoms with van der Waals surface area (Å²) in [6.07, 6.45) is 1.80. The summed E-state index contributed by atoms with van der Waals surface area (Å²) in [5.74, 6) is -0.0233. The fraction of sp³-hybridized carbons (Fsp3) is 0.273. The normalized spacial score (nSPS) is 15.0. The van der Waals surface area contributed by atoms with E-state index in [1.54, 1.807) is 18.2 Å². The molecule has 1 aliphatic heterocycles. The summed E-state index contributed by atoms with van der Waals surface area (Å²) in [4.78, 5) is 17.3. The molecular formula is C22H24N4O4S2. The van der Waals surface area contributed by atoms with Crippen molar-refractivity contribution in [3.05, 3.63) is 61.2 Å². The molecule has 1 N–H and O–H groups in total. The Kier molecular flexibility index (Phi) is 6.95. The van der Waals surface area contributed by atoms with E-state index in [9.17, 15) is 13.2 Å². The third-order valence-corrected chi connectivity index (χ3v) is 7.90. The lowest BCUT2D eigenvalue weighted by Gasteiger charge is -2.26. The van der Waals surface area contributed by atoms with Gasteiger partial charge in [0.15, 0.2) is 5.16 Å². The average Bonchev–Trinajstić information content (AvgIpc) is 3.16. The summed E-state index contributed by atoms with van der Waals surface area (Å²) >= 11 is 1.34. The number of aromatic nitrogens is 2. The summed E-state index contributed by atoms with van der Waals surface area (Å²) in [7, 11) is -3.56. The number of sulfonamides is 1. The van der Waals surface area contributed by atoms with Crippen molar-refractivity contribution in [2.75, 3.05) is 37.4 Å². The van der Waals surface area contributed by atoms with Gasteiger partial charge in [0.25, 0.3) is 0 Å². The van der Waals surface area contributed by atoms with Gasteiger partial charge in [-0.05, 0) is 36.4 Å². The minimum absolute atomic E-state index is 0.175. The number of morpholine rings is 1. The Morgan fingerprint density at radius 3 is 2.59 bits per heavy atom. The van der Waals surface area contributed by atoms with E-state index in [1.165, 1.54) is 28.2 Å². The lowest BCUT2D eigenvalue weighted by Crippen LogP contribution is -2.40. The maximum Gasteiger partial charge on any atom is 0.243 e. The molecule has 1 amide bonds. The van der Waals surface area contributed by atoms with Crippen LogP contribution in [0.5, 0.6) is 0 Å². The second-order valence-corrected chi connectivity index (χ2v) is 10.0. The molecule has 1 saturated heterocycles. The van der Waals surface area contributed by atoms with Gasteiger partial charge < -0.3 is 14.6 Å². The Hall–Kier alpha value is -2.66. The van der Waals surface area contributed by atoms with E-state index in [-0.39, 0.29) is 16.6 Å². The molecule has 1 aromatic heterocycles. The predicted molar refractivity (Wildman–Crippen MR) is 125 cm³/mol. The molecule has 8 nitrogen and oxygen atoms in total. The van der Waals surface area contributed by atoms with Crippen molar-refractivity contribution in [2.24, 2.45) is 0 Å². The summed E-state index contributed by atoms with van der Waals surface area (Å²) in [6, 6.07) is 14.0. The molecule has 0 atom stereocenters. The molecule has 0 saturated carbocycles. The minimum Gasteiger partial charge on any atom is -0.379 e. The van der Waals surface area contributed by atoms with Crippen LogP contribution in [0, 0.1) is 0 Å². The largest absolute Gasteiger partial charge is 0.379 e. The first-order chi connectivity index (χ1) is 15.5. The molecule has 2 aromatic carbocycles. The van der Waals surface area contributed by atoms with Crippen molar-refractivity contribution in [3.63, 3.8) is 0 Å². The number of nitrogens with one attached hydrogen (secondary N) is 1. The number of para-hydroxylation sites is 2. The van der Waals surface area contributed by atoms with Crippen molar-refractivity contribution in [2.45, 2.75) is 16.6 Å². The molecule has 0 spiro atoms. The number of hydrogen-bond acceptors (Lipinski definition) is 6. The molecule has 0 radical (unpaired) electrons. The smallest absolute Gasteiger partial charge is 0.243 e. The van der Waals surface area contributed by atoms with Crippen molar-refractivity contribution in [1.82, 2.24) is 13.9 Å². The van der Waals surface area contributed by atoms with Crippen LogP contribution in [0.2, 0.25) is 0 Å². The SMILES string of the molecule is C=CCn1c(SCC(=O)Nc2ccc(S(=O)(=O)N3CCOCC3)cc2)nc2ccccc21. The Balaban J connectivity index is 1.39. The van der Waals surface area contributed by atoms with Crippen LogP contribution in [0.25, 0.3) is 11.0 Å². The van der Waals surface area contributed by atoms with E-state index in [0.717, 1.165) is 16.2 Å². The zero-order valence-electron chi connectivity index (χ0n) is 17.4. The molecular weight excluding hydrogens is 448 g/mol. The Morgan fingerprint density at radius 1 is 1.16 bits per heavy atom. The molecule has 0 unspecified atom stereocenters. The maximum atomic E-state index is 12.7. The molecule has 10 heteroatoms. The van der Waals surface area contributed by atoms with E-state index in [1.807, 2.05) is 28.8 Å². The minimum atomic E-state index is -3.56. The molecule has 0 aliphatic carbocycles. The number of carbonyl (C=O) groups is 1. The second kappa shape index (κ2) is 9.86. The van der Waals surface area contributed by atoms with E-state index in [4.69, 9.17) is 4.74 Å². The van der Waals surface area contributed by atoms with E-state index >= 15 is 0 Å². The number of hydrogen-bond donors (Lipinski definition) is 1. The quantitative estimate of drug-likeness (QED) is 0.400. The number of fused-ring (bicyclic) bond motifs is 1. The van der Waals surface area contributed by atoms with Crippen molar-refractivity contribution >= 4 is 44.4 Å². The van der Waals surface area contributed by atoms with Gasteiger partial charge in [-0.25, -0.2) is 13.4 Å². The number of amides is 1. The average molecular weight is 473 g/mol. The summed E-state index contributed by atoms with van der Waals surface area (Å²) in [5, 5.41) is 3.55. The zero-order chi connectivity index (χ0) is 22.6. The molecule has 0 bridgehead atoms. The highest BCUT2D eigenvalue weighted by molar-refractivity contribution is 7.99. The standard InChI is InChI=1S/C22H24N4O4S2/c1-2-11-26-20-6-4-3-5-19(20)24-22(26)31-16-21(27)23-17-7-9-18(10-8-17)32(28,29)25-12-14-30-15-13-25/h2-10H,1,11-16H2,(H,23,27). The molecule has 32 heavy (non-hydrogen) atoms. The van der Waals surface area contributed by atoms with Crippen LogP contribution in [0.1, 0.15) is 0 Å². The lowest BCUT2D eigenvalue weighted by atomic mass is 10.3. The van der Waals surface area contributed by atoms with Crippen molar-refractivity contribution in [1.29, 1.82) is 0 Å². The van der Waals surface area contributed by atoms with Gasteiger partial charge >= 0.3 is 0 Å². The van der Waals surface area contributed by atoms with Crippen LogP contribution in [-0.2, 0) is 26.1 Å². The number of benzene rings is 2. The van der Waals surface area contributed by atoms with Crippen molar-refractivity contribution < 1.29 is 17.9 Å². The number of allylic oxidation sites excluding steroid dienone is 1. The van der Waals surface area contributed by atoms with E-state index in [0.29, 0.717) is 38.5 Å². The highest BCUT2D eigenvalue weighted by Gasteiger charge is 2.26. The Bertz CT molecular complexity index is 1220. The molecule has 1 fully saturated rings. The fourth-order valence-electron chi connectivity index (χ4n) is 3.44. The lowest BCUT2D eigenvalue weighted by molar-refractivity contribution is -0.113. The van der Waals surface area contributed by atoms with Gasteiger partial charge in [-0.2, -0.15) is 4.31 Å². The number of ether oxygens (including phenoxy) is 1. The zero-order valence-corrected chi connectivity index (χ0v) is 19.1. The van der Waals surface area contributed by atoms with Crippen molar-refractivity contribution in [3.8, 4) is 0 Å². The molecule has 3 aromatic rings. The van der Waals surface area contributed by atoms with Gasteiger partial charge in [0.1, 0.15) is 0 Å². The maximum absolute atomic E-state index is 12.7. The molecule has 168 valence electrons.